The summed E-state index contributed by atoms with van der Waals surface area (Å²) in [5.74, 6) is -1.66. The third-order valence-corrected chi connectivity index (χ3v) is 3.41. The molecule has 0 atom stereocenters. The van der Waals surface area contributed by atoms with Crippen LogP contribution in [0.3, 0.4) is 0 Å². The van der Waals surface area contributed by atoms with Crippen LogP contribution in [-0.2, 0) is 4.79 Å². The van der Waals surface area contributed by atoms with Gasteiger partial charge in [-0.05, 0) is 40.9 Å². The van der Waals surface area contributed by atoms with Crippen LogP contribution in [0, 0.1) is 5.82 Å². The van der Waals surface area contributed by atoms with Gasteiger partial charge in [0.15, 0.2) is 0 Å². The molecule has 0 aromatic heterocycles. The first kappa shape index (κ1) is 13.8. The first-order chi connectivity index (χ1) is 8.99. The van der Waals surface area contributed by atoms with Gasteiger partial charge in [0.05, 0.1) is 5.69 Å². The fraction of sp³-hybridized carbons (Fsp3) is 0.333. The smallest absolute Gasteiger partial charge is 0.323 e. The van der Waals surface area contributed by atoms with E-state index in [0.717, 1.165) is 12.8 Å². The summed E-state index contributed by atoms with van der Waals surface area (Å²) in [7, 11) is 0. The van der Waals surface area contributed by atoms with Crippen molar-refractivity contribution < 1.29 is 19.1 Å². The minimum Gasteiger partial charge on any atom is -0.480 e. The molecule has 0 spiro atoms. The Hall–Kier alpha value is -1.63. The van der Waals surface area contributed by atoms with Gasteiger partial charge in [0.2, 0.25) is 0 Å². The number of amides is 2. The Morgan fingerprint density at radius 1 is 1.47 bits per heavy atom. The van der Waals surface area contributed by atoms with E-state index in [2.05, 4.69) is 21.2 Å². The zero-order chi connectivity index (χ0) is 14.0. The predicted molar refractivity (Wildman–Crippen MR) is 70.5 cm³/mol. The van der Waals surface area contributed by atoms with Gasteiger partial charge in [-0.1, -0.05) is 6.07 Å². The monoisotopic (exact) mass is 330 g/mol. The molecule has 1 aromatic rings. The number of hydrogen-bond acceptors (Lipinski definition) is 2. The average Bonchev–Trinajstić information content (AvgIpc) is 3.14. The topological polar surface area (TPSA) is 69.6 Å². The summed E-state index contributed by atoms with van der Waals surface area (Å²) in [5.41, 5.74) is 0.0172. The van der Waals surface area contributed by atoms with Gasteiger partial charge < -0.3 is 15.3 Å². The second-order valence-electron chi connectivity index (χ2n) is 4.28. The number of para-hydroxylation sites is 1. The SMILES string of the molecule is O=C(O)CN(C(=O)Nc1c(F)cccc1Br)C1CC1. The van der Waals surface area contributed by atoms with Crippen molar-refractivity contribution in [3.63, 3.8) is 0 Å². The van der Waals surface area contributed by atoms with Crippen molar-refractivity contribution in [3.05, 3.63) is 28.5 Å². The van der Waals surface area contributed by atoms with Crippen molar-refractivity contribution in [1.82, 2.24) is 4.90 Å². The molecule has 0 bridgehead atoms. The van der Waals surface area contributed by atoms with E-state index in [1.165, 1.54) is 17.0 Å². The lowest BCUT2D eigenvalue weighted by molar-refractivity contribution is -0.137. The van der Waals surface area contributed by atoms with Gasteiger partial charge in [-0.15, -0.1) is 0 Å². The number of aliphatic carboxylic acids is 1. The molecule has 102 valence electrons. The third-order valence-electron chi connectivity index (χ3n) is 2.75. The van der Waals surface area contributed by atoms with Gasteiger partial charge in [0.1, 0.15) is 12.4 Å². The first-order valence-electron chi connectivity index (χ1n) is 5.72. The molecule has 1 aliphatic rings. The van der Waals surface area contributed by atoms with Crippen LogP contribution in [-0.4, -0.2) is 34.6 Å². The molecule has 2 N–H and O–H groups in total. The molecule has 1 aliphatic carbocycles. The summed E-state index contributed by atoms with van der Waals surface area (Å²) in [6.07, 6.45) is 1.55. The number of nitrogens with one attached hydrogen (secondary N) is 1. The molecule has 7 heteroatoms. The molecule has 0 aliphatic heterocycles. The van der Waals surface area contributed by atoms with Crippen molar-refractivity contribution in [1.29, 1.82) is 0 Å². The summed E-state index contributed by atoms with van der Waals surface area (Å²) < 4.78 is 14.0. The van der Waals surface area contributed by atoms with Crippen LogP contribution in [0.5, 0.6) is 0 Å². The normalized spacial score (nSPS) is 14.0. The minimum atomic E-state index is -1.09. The summed E-state index contributed by atoms with van der Waals surface area (Å²) in [6.45, 7) is -0.386. The van der Waals surface area contributed by atoms with Crippen LogP contribution < -0.4 is 5.32 Å². The minimum absolute atomic E-state index is 0.0172. The number of anilines is 1. The number of halogens is 2. The Bertz CT molecular complexity index is 499. The average molecular weight is 331 g/mol. The van der Waals surface area contributed by atoms with E-state index in [1.807, 2.05) is 0 Å². The third kappa shape index (κ3) is 3.44. The predicted octanol–water partition coefficient (Wildman–Crippen LogP) is 2.67. The fourth-order valence-electron chi connectivity index (χ4n) is 1.69. The van der Waals surface area contributed by atoms with E-state index < -0.39 is 17.8 Å². The van der Waals surface area contributed by atoms with Crippen molar-refractivity contribution >= 4 is 33.6 Å². The van der Waals surface area contributed by atoms with E-state index in [4.69, 9.17) is 5.11 Å². The molecular weight excluding hydrogens is 319 g/mol. The van der Waals surface area contributed by atoms with Crippen LogP contribution in [0.1, 0.15) is 12.8 Å². The Morgan fingerprint density at radius 2 is 2.16 bits per heavy atom. The van der Waals surface area contributed by atoms with Crippen LogP contribution in [0.15, 0.2) is 22.7 Å². The quantitative estimate of drug-likeness (QED) is 0.891. The molecule has 1 fully saturated rings. The van der Waals surface area contributed by atoms with Crippen molar-refractivity contribution in [2.24, 2.45) is 0 Å². The van der Waals surface area contributed by atoms with Crippen LogP contribution >= 0.6 is 15.9 Å². The molecule has 0 saturated heterocycles. The highest BCUT2D eigenvalue weighted by atomic mass is 79.9. The van der Waals surface area contributed by atoms with Crippen LogP contribution in [0.25, 0.3) is 0 Å². The largest absolute Gasteiger partial charge is 0.480 e. The maximum absolute atomic E-state index is 13.6. The van der Waals surface area contributed by atoms with Gasteiger partial charge in [-0.25, -0.2) is 9.18 Å². The van der Waals surface area contributed by atoms with E-state index in [1.54, 1.807) is 6.07 Å². The number of rotatable bonds is 4. The number of carboxylic acids is 1. The van der Waals surface area contributed by atoms with E-state index in [0.29, 0.717) is 4.47 Å². The van der Waals surface area contributed by atoms with Crippen molar-refractivity contribution in [3.8, 4) is 0 Å². The lowest BCUT2D eigenvalue weighted by Crippen LogP contribution is -2.40. The molecular formula is C12H12BrFN2O3. The van der Waals surface area contributed by atoms with Crippen LogP contribution in [0.4, 0.5) is 14.9 Å². The molecule has 2 amide bonds. The number of urea groups is 1. The second kappa shape index (κ2) is 5.56. The number of carboxylic acid groups (broad SMARTS) is 1. The highest BCUT2D eigenvalue weighted by molar-refractivity contribution is 9.10. The Labute approximate surface area is 117 Å². The van der Waals surface area contributed by atoms with Gasteiger partial charge in [0.25, 0.3) is 0 Å². The van der Waals surface area contributed by atoms with E-state index in [-0.39, 0.29) is 18.3 Å². The Balaban J connectivity index is 2.12. The van der Waals surface area contributed by atoms with Gasteiger partial charge >= 0.3 is 12.0 Å². The van der Waals surface area contributed by atoms with Gasteiger partial charge in [-0.3, -0.25) is 4.79 Å². The van der Waals surface area contributed by atoms with E-state index in [9.17, 15) is 14.0 Å². The molecule has 19 heavy (non-hydrogen) atoms. The lowest BCUT2D eigenvalue weighted by atomic mass is 10.3. The standard InChI is InChI=1S/C12H12BrFN2O3/c13-8-2-1-3-9(14)11(8)15-12(19)16(6-10(17)18)7-4-5-7/h1-3,7H,4-6H2,(H,15,19)(H,17,18). The molecule has 1 saturated carbocycles. The zero-order valence-electron chi connectivity index (χ0n) is 9.90. The Morgan fingerprint density at radius 3 is 2.68 bits per heavy atom. The molecule has 2 rings (SSSR count). The highest BCUT2D eigenvalue weighted by Gasteiger charge is 2.34. The van der Waals surface area contributed by atoms with Crippen molar-refractivity contribution in [2.45, 2.75) is 18.9 Å². The van der Waals surface area contributed by atoms with Crippen LogP contribution in [0.2, 0.25) is 0 Å². The Kier molecular flexibility index (Phi) is 4.04. The van der Waals surface area contributed by atoms with Gasteiger partial charge in [-0.2, -0.15) is 0 Å². The maximum Gasteiger partial charge on any atom is 0.323 e. The summed E-state index contributed by atoms with van der Waals surface area (Å²) in [4.78, 5) is 23.9. The lowest BCUT2D eigenvalue weighted by Gasteiger charge is -2.21. The molecule has 5 nitrogen and oxygen atoms in total. The molecule has 0 unspecified atom stereocenters. The zero-order valence-corrected chi connectivity index (χ0v) is 11.5. The second-order valence-corrected chi connectivity index (χ2v) is 5.13. The highest BCUT2D eigenvalue weighted by Crippen LogP contribution is 2.29. The fourth-order valence-corrected chi connectivity index (χ4v) is 2.14. The number of benzene rings is 1. The molecule has 1 aromatic carbocycles. The summed E-state index contributed by atoms with van der Waals surface area (Å²) >= 11 is 3.14. The summed E-state index contributed by atoms with van der Waals surface area (Å²) in [6, 6.07) is 3.65. The van der Waals surface area contributed by atoms with E-state index >= 15 is 0 Å². The molecule has 0 heterocycles. The van der Waals surface area contributed by atoms with Gasteiger partial charge in [0, 0.05) is 10.5 Å². The molecule has 0 radical (unpaired) electrons. The number of carbonyl (C=O) groups is 2. The number of nitrogens with zero attached hydrogens (tertiary/aromatic N) is 1. The summed E-state index contributed by atoms with van der Waals surface area (Å²) in [5, 5.41) is 11.2. The number of carbonyl (C=O) groups excluding carboxylic acids is 1. The van der Waals surface area contributed by atoms with Crippen molar-refractivity contribution in [2.75, 3.05) is 11.9 Å². The first-order valence-corrected chi connectivity index (χ1v) is 6.51. The number of hydrogen-bond donors (Lipinski definition) is 2. The maximum atomic E-state index is 13.6.